The van der Waals surface area contributed by atoms with Crippen molar-refractivity contribution in [2.45, 2.75) is 20.8 Å². The van der Waals surface area contributed by atoms with Gasteiger partial charge in [-0.15, -0.1) is 0 Å². The number of carbonyl (C=O) groups is 1. The number of ether oxygens (including phenoxy) is 1. The number of benzene rings is 3. The second-order valence-corrected chi connectivity index (χ2v) is 7.25. The van der Waals surface area contributed by atoms with E-state index in [1.54, 1.807) is 18.2 Å². The van der Waals surface area contributed by atoms with E-state index < -0.39 is 0 Å². The van der Waals surface area contributed by atoms with Crippen molar-refractivity contribution in [2.24, 2.45) is 0 Å². The lowest BCUT2D eigenvalue weighted by atomic mass is 10.1. The van der Waals surface area contributed by atoms with Crippen LogP contribution < -0.4 is 15.5 Å². The molecule has 4 rings (SSSR count). The van der Waals surface area contributed by atoms with Gasteiger partial charge in [-0.25, -0.2) is 0 Å². The predicted molar refractivity (Wildman–Crippen MR) is 115 cm³/mol. The Balaban J connectivity index is 1.58. The van der Waals surface area contributed by atoms with Crippen LogP contribution in [0.25, 0.3) is 21.9 Å². The van der Waals surface area contributed by atoms with E-state index in [9.17, 15) is 9.59 Å². The zero-order valence-electron chi connectivity index (χ0n) is 16.5. The van der Waals surface area contributed by atoms with Crippen LogP contribution in [-0.4, -0.2) is 12.5 Å². The summed E-state index contributed by atoms with van der Waals surface area (Å²) in [5, 5.41) is 3.83. The molecule has 3 aromatic carbocycles. The Morgan fingerprint density at radius 3 is 2.45 bits per heavy atom. The van der Waals surface area contributed by atoms with Gasteiger partial charge in [0.05, 0.1) is 10.8 Å². The number of amides is 1. The largest absolute Gasteiger partial charge is 0.484 e. The number of rotatable bonds is 4. The van der Waals surface area contributed by atoms with Crippen LogP contribution in [0.1, 0.15) is 16.7 Å². The van der Waals surface area contributed by atoms with Gasteiger partial charge in [-0.2, -0.15) is 0 Å². The first-order valence-electron chi connectivity index (χ1n) is 9.38. The quantitative estimate of drug-likeness (QED) is 0.506. The summed E-state index contributed by atoms with van der Waals surface area (Å²) in [6.45, 7) is 5.74. The molecule has 0 unspecified atom stereocenters. The molecule has 1 heterocycles. The third kappa shape index (κ3) is 3.85. The van der Waals surface area contributed by atoms with Crippen molar-refractivity contribution >= 4 is 33.5 Å². The van der Waals surface area contributed by atoms with Crippen molar-refractivity contribution in [2.75, 3.05) is 11.9 Å². The molecule has 1 N–H and O–H groups in total. The van der Waals surface area contributed by atoms with Gasteiger partial charge in [0.15, 0.2) is 6.61 Å². The molecule has 0 saturated carbocycles. The maximum Gasteiger partial charge on any atom is 0.262 e. The molecule has 0 aliphatic rings. The van der Waals surface area contributed by atoms with Gasteiger partial charge < -0.3 is 14.5 Å². The first-order chi connectivity index (χ1) is 13.9. The number of anilines is 1. The van der Waals surface area contributed by atoms with E-state index in [1.165, 1.54) is 0 Å². The number of nitrogens with one attached hydrogen (secondary N) is 1. The van der Waals surface area contributed by atoms with Crippen molar-refractivity contribution < 1.29 is 13.9 Å². The average Bonchev–Trinajstić information content (AvgIpc) is 2.68. The Bertz CT molecular complexity index is 1290. The van der Waals surface area contributed by atoms with Crippen LogP contribution in [0, 0.1) is 20.8 Å². The van der Waals surface area contributed by atoms with Crippen LogP contribution in [0.4, 0.5) is 5.69 Å². The average molecular weight is 387 g/mol. The van der Waals surface area contributed by atoms with E-state index in [4.69, 9.17) is 9.15 Å². The van der Waals surface area contributed by atoms with Gasteiger partial charge in [0.1, 0.15) is 16.9 Å². The molecule has 0 saturated heterocycles. The number of aryl methyl sites for hydroxylation is 3. The molecule has 1 aromatic heterocycles. The summed E-state index contributed by atoms with van der Waals surface area (Å²) in [5.74, 6) is 0.340. The SMILES string of the molecule is Cc1ccc(OCC(=O)Nc2ccc3c(=O)c4cc(C)cc(C)c4oc3c2)cc1. The fraction of sp³-hybridized carbons (Fsp3) is 0.167. The van der Waals surface area contributed by atoms with Crippen LogP contribution in [-0.2, 0) is 4.79 Å². The molecule has 146 valence electrons. The molecule has 0 atom stereocenters. The molecule has 5 nitrogen and oxygen atoms in total. The fourth-order valence-electron chi connectivity index (χ4n) is 3.37. The monoisotopic (exact) mass is 387 g/mol. The van der Waals surface area contributed by atoms with E-state index in [0.717, 1.165) is 16.7 Å². The summed E-state index contributed by atoms with van der Waals surface area (Å²) < 4.78 is 11.5. The molecule has 29 heavy (non-hydrogen) atoms. The Hall–Kier alpha value is -3.60. The maximum atomic E-state index is 12.8. The van der Waals surface area contributed by atoms with E-state index in [1.807, 2.05) is 57.2 Å². The first kappa shape index (κ1) is 18.7. The Morgan fingerprint density at radius 2 is 1.69 bits per heavy atom. The summed E-state index contributed by atoms with van der Waals surface area (Å²) in [6, 6.07) is 16.3. The number of carbonyl (C=O) groups excluding carboxylic acids is 1. The highest BCUT2D eigenvalue weighted by Crippen LogP contribution is 2.25. The molecule has 0 radical (unpaired) electrons. The van der Waals surface area contributed by atoms with Crippen molar-refractivity contribution in [3.05, 3.63) is 81.5 Å². The Morgan fingerprint density at radius 1 is 0.931 bits per heavy atom. The second-order valence-electron chi connectivity index (χ2n) is 7.25. The summed E-state index contributed by atoms with van der Waals surface area (Å²) in [5.41, 5.74) is 4.51. The van der Waals surface area contributed by atoms with Crippen molar-refractivity contribution in [3.8, 4) is 5.75 Å². The molecular formula is C24H21NO4. The smallest absolute Gasteiger partial charge is 0.262 e. The number of fused-ring (bicyclic) bond motifs is 2. The van der Waals surface area contributed by atoms with Gasteiger partial charge in [0.25, 0.3) is 5.91 Å². The van der Waals surface area contributed by atoms with Crippen LogP contribution in [0.15, 0.2) is 63.8 Å². The number of hydrogen-bond donors (Lipinski definition) is 1. The van der Waals surface area contributed by atoms with E-state index in [0.29, 0.717) is 33.4 Å². The highest BCUT2D eigenvalue weighted by Gasteiger charge is 2.12. The predicted octanol–water partition coefficient (Wildman–Crippen LogP) is 4.89. The van der Waals surface area contributed by atoms with E-state index >= 15 is 0 Å². The molecule has 0 bridgehead atoms. The van der Waals surface area contributed by atoms with Crippen molar-refractivity contribution in [3.63, 3.8) is 0 Å². The van der Waals surface area contributed by atoms with Crippen molar-refractivity contribution in [1.29, 1.82) is 0 Å². The standard InChI is InChI=1S/C24H21NO4/c1-14-4-7-18(8-5-14)28-13-22(26)25-17-6-9-19-21(12-17)29-24-16(3)10-15(2)11-20(24)23(19)27/h4-12H,13H2,1-3H3,(H,25,26). The lowest BCUT2D eigenvalue weighted by molar-refractivity contribution is -0.118. The van der Waals surface area contributed by atoms with Crippen LogP contribution in [0.3, 0.4) is 0 Å². The molecule has 0 aliphatic carbocycles. The third-order valence-electron chi connectivity index (χ3n) is 4.78. The normalized spacial score (nSPS) is 11.0. The second kappa shape index (κ2) is 7.43. The van der Waals surface area contributed by atoms with Gasteiger partial charge in [-0.1, -0.05) is 23.8 Å². The number of hydrogen-bond acceptors (Lipinski definition) is 4. The minimum Gasteiger partial charge on any atom is -0.484 e. The van der Waals surface area contributed by atoms with E-state index in [-0.39, 0.29) is 17.9 Å². The lowest BCUT2D eigenvalue weighted by Gasteiger charge is -2.09. The summed E-state index contributed by atoms with van der Waals surface area (Å²) in [4.78, 5) is 25.1. The molecular weight excluding hydrogens is 366 g/mol. The highest BCUT2D eigenvalue weighted by atomic mass is 16.5. The summed E-state index contributed by atoms with van der Waals surface area (Å²) in [6.07, 6.45) is 0. The molecule has 4 aromatic rings. The first-order valence-corrected chi connectivity index (χ1v) is 9.38. The Labute approximate surface area is 167 Å². The van der Waals surface area contributed by atoms with Crippen LogP contribution in [0.2, 0.25) is 0 Å². The zero-order chi connectivity index (χ0) is 20.5. The molecule has 0 fully saturated rings. The highest BCUT2D eigenvalue weighted by molar-refractivity contribution is 5.96. The maximum absolute atomic E-state index is 12.8. The van der Waals surface area contributed by atoms with Gasteiger partial charge in [-0.05, 0) is 62.2 Å². The van der Waals surface area contributed by atoms with Gasteiger partial charge in [0.2, 0.25) is 5.43 Å². The minimum absolute atomic E-state index is 0.0753. The molecule has 5 heteroatoms. The van der Waals surface area contributed by atoms with Crippen LogP contribution in [0.5, 0.6) is 5.75 Å². The summed E-state index contributed by atoms with van der Waals surface area (Å²) in [7, 11) is 0. The van der Waals surface area contributed by atoms with Crippen molar-refractivity contribution in [1.82, 2.24) is 0 Å². The van der Waals surface area contributed by atoms with E-state index in [2.05, 4.69) is 5.32 Å². The molecule has 0 aliphatic heterocycles. The van der Waals surface area contributed by atoms with Crippen LogP contribution >= 0.6 is 0 Å². The topological polar surface area (TPSA) is 68.5 Å². The minimum atomic E-state index is -0.292. The van der Waals surface area contributed by atoms with Gasteiger partial charge in [0, 0.05) is 11.8 Å². The zero-order valence-corrected chi connectivity index (χ0v) is 16.5. The van der Waals surface area contributed by atoms with Gasteiger partial charge >= 0.3 is 0 Å². The lowest BCUT2D eigenvalue weighted by Crippen LogP contribution is -2.20. The summed E-state index contributed by atoms with van der Waals surface area (Å²) >= 11 is 0. The molecule has 0 spiro atoms. The third-order valence-corrected chi connectivity index (χ3v) is 4.78. The Kier molecular flexibility index (Phi) is 4.80. The van der Waals surface area contributed by atoms with Gasteiger partial charge in [-0.3, -0.25) is 9.59 Å². The fourth-order valence-corrected chi connectivity index (χ4v) is 3.37. The molecule has 1 amide bonds.